The molecule has 0 heterocycles. The molecule has 12 heavy (non-hydrogen) atoms. The van der Waals surface area contributed by atoms with E-state index in [0.29, 0.717) is 0 Å². The molecule has 1 aromatic rings. The van der Waals surface area contributed by atoms with Gasteiger partial charge in [0.25, 0.3) is 0 Å². The van der Waals surface area contributed by atoms with Crippen molar-refractivity contribution in [3.63, 3.8) is 0 Å². The monoisotopic (exact) mass is 180 g/mol. The summed E-state index contributed by atoms with van der Waals surface area (Å²) in [5, 5.41) is 1.50. The van der Waals surface area contributed by atoms with Crippen LogP contribution in [0.15, 0.2) is 18.2 Å². The molecule has 0 aromatic heterocycles. The Morgan fingerprint density at radius 3 is 1.92 bits per heavy atom. The molecule has 0 saturated heterocycles. The maximum atomic E-state index is 2.30. The maximum absolute atomic E-state index is 2.30. The average molecular weight is 180 g/mol. The first-order valence-corrected chi connectivity index (χ1v) is 5.50. The van der Waals surface area contributed by atoms with Gasteiger partial charge in [0, 0.05) is 0 Å². The molecular formula is C11H17P. The Labute approximate surface area is 77.2 Å². The molecule has 66 valence electrons. The van der Waals surface area contributed by atoms with Crippen LogP contribution in [0.25, 0.3) is 0 Å². The average Bonchev–Trinajstić information content (AvgIpc) is 1.81. The molecule has 0 nitrogen and oxygen atoms in total. The van der Waals surface area contributed by atoms with Crippen LogP contribution in [0.2, 0.25) is 0 Å². The van der Waals surface area contributed by atoms with Crippen molar-refractivity contribution in [1.82, 2.24) is 0 Å². The van der Waals surface area contributed by atoms with E-state index in [0.717, 1.165) is 14.2 Å². The van der Waals surface area contributed by atoms with Gasteiger partial charge in [0.15, 0.2) is 0 Å². The summed E-state index contributed by atoms with van der Waals surface area (Å²) in [6, 6.07) is 6.82. The topological polar surface area (TPSA) is 0 Å². The van der Waals surface area contributed by atoms with Crippen LogP contribution in [0.1, 0.15) is 25.0 Å². The number of aryl methyl sites for hydroxylation is 2. The van der Waals surface area contributed by atoms with Crippen molar-refractivity contribution in [2.75, 3.05) is 0 Å². The van der Waals surface area contributed by atoms with E-state index in [1.807, 2.05) is 0 Å². The Morgan fingerprint density at radius 1 is 1.00 bits per heavy atom. The van der Waals surface area contributed by atoms with Crippen LogP contribution in [0.5, 0.6) is 0 Å². The van der Waals surface area contributed by atoms with Gasteiger partial charge >= 0.3 is 0 Å². The molecule has 1 unspecified atom stereocenters. The first kappa shape index (κ1) is 9.74. The molecule has 0 aliphatic heterocycles. The Morgan fingerprint density at radius 2 is 1.50 bits per heavy atom. The minimum absolute atomic E-state index is 0.784. The Kier molecular flexibility index (Phi) is 3.29. The van der Waals surface area contributed by atoms with Crippen molar-refractivity contribution in [1.29, 1.82) is 0 Å². The minimum Gasteiger partial charge on any atom is -0.0877 e. The normalized spacial score (nSPS) is 11.8. The van der Waals surface area contributed by atoms with Gasteiger partial charge in [-0.1, -0.05) is 51.8 Å². The van der Waals surface area contributed by atoms with Crippen molar-refractivity contribution >= 4 is 13.9 Å². The summed E-state index contributed by atoms with van der Waals surface area (Å²) >= 11 is 0. The molecule has 1 heteroatoms. The minimum atomic E-state index is 0.784. The van der Waals surface area contributed by atoms with E-state index < -0.39 is 0 Å². The van der Waals surface area contributed by atoms with Gasteiger partial charge in [-0.15, -0.1) is 0 Å². The molecular weight excluding hydrogens is 163 g/mol. The first-order chi connectivity index (χ1) is 5.58. The molecule has 0 bridgehead atoms. The number of benzene rings is 1. The van der Waals surface area contributed by atoms with E-state index in [4.69, 9.17) is 0 Å². The van der Waals surface area contributed by atoms with Crippen LogP contribution in [0.3, 0.4) is 0 Å². The summed E-state index contributed by atoms with van der Waals surface area (Å²) in [7, 11) is 0.954. The van der Waals surface area contributed by atoms with Gasteiger partial charge in [-0.2, -0.15) is 0 Å². The fourth-order valence-corrected chi connectivity index (χ4v) is 2.68. The fourth-order valence-electron chi connectivity index (χ4n) is 1.39. The molecule has 0 saturated carbocycles. The Balaban J connectivity index is 2.85. The van der Waals surface area contributed by atoms with Gasteiger partial charge in [-0.3, -0.25) is 0 Å². The second-order valence-corrected chi connectivity index (χ2v) is 5.70. The van der Waals surface area contributed by atoms with Crippen LogP contribution in [0, 0.1) is 13.8 Å². The molecule has 0 aliphatic carbocycles. The van der Waals surface area contributed by atoms with Crippen molar-refractivity contribution in [2.24, 2.45) is 0 Å². The van der Waals surface area contributed by atoms with Crippen LogP contribution < -0.4 is 5.30 Å². The van der Waals surface area contributed by atoms with Crippen LogP contribution >= 0.6 is 8.58 Å². The zero-order chi connectivity index (χ0) is 9.14. The van der Waals surface area contributed by atoms with E-state index in [-0.39, 0.29) is 0 Å². The third kappa shape index (κ3) is 2.95. The number of rotatable bonds is 2. The quantitative estimate of drug-likeness (QED) is 0.614. The maximum Gasteiger partial charge on any atom is -0.0253 e. The molecule has 0 N–H and O–H groups in total. The fraction of sp³-hybridized carbons (Fsp3) is 0.455. The molecule has 1 atom stereocenters. The summed E-state index contributed by atoms with van der Waals surface area (Å²) in [5.74, 6) is 0. The van der Waals surface area contributed by atoms with Crippen LogP contribution in [-0.4, -0.2) is 5.66 Å². The summed E-state index contributed by atoms with van der Waals surface area (Å²) in [5.41, 5.74) is 3.56. The zero-order valence-corrected chi connectivity index (χ0v) is 9.31. The molecule has 1 rings (SSSR count). The van der Waals surface area contributed by atoms with E-state index in [1.165, 1.54) is 16.4 Å². The van der Waals surface area contributed by atoms with Gasteiger partial charge in [0.05, 0.1) is 0 Å². The third-order valence-electron chi connectivity index (χ3n) is 1.68. The summed E-state index contributed by atoms with van der Waals surface area (Å²) in [6.07, 6.45) is 0. The number of hydrogen-bond acceptors (Lipinski definition) is 0. The SMILES string of the molecule is Cc1cc(C)cc(PC(C)C)c1. The largest absolute Gasteiger partial charge is 0.0877 e. The lowest BCUT2D eigenvalue weighted by atomic mass is 10.2. The lowest BCUT2D eigenvalue weighted by molar-refractivity contribution is 1.11. The smallest absolute Gasteiger partial charge is 0.0253 e. The highest BCUT2D eigenvalue weighted by atomic mass is 31.1. The van der Waals surface area contributed by atoms with Gasteiger partial charge < -0.3 is 0 Å². The van der Waals surface area contributed by atoms with E-state index >= 15 is 0 Å². The second-order valence-electron chi connectivity index (χ2n) is 3.68. The molecule has 0 spiro atoms. The van der Waals surface area contributed by atoms with Gasteiger partial charge in [0.2, 0.25) is 0 Å². The van der Waals surface area contributed by atoms with Gasteiger partial charge in [0.1, 0.15) is 0 Å². The summed E-state index contributed by atoms with van der Waals surface area (Å²) in [4.78, 5) is 0. The van der Waals surface area contributed by atoms with Gasteiger partial charge in [-0.05, 0) is 24.8 Å². The lowest BCUT2D eigenvalue weighted by Crippen LogP contribution is -2.00. The first-order valence-electron chi connectivity index (χ1n) is 4.43. The standard InChI is InChI=1S/C11H17P/c1-8(2)12-11-6-9(3)5-10(4)7-11/h5-8,12H,1-4H3. The number of hydrogen-bond donors (Lipinski definition) is 0. The Hall–Kier alpha value is -0.350. The molecule has 0 amide bonds. The predicted molar refractivity (Wildman–Crippen MR) is 59.0 cm³/mol. The van der Waals surface area contributed by atoms with E-state index in [1.54, 1.807) is 0 Å². The molecule has 0 radical (unpaired) electrons. The second kappa shape index (κ2) is 4.05. The highest BCUT2D eigenvalue weighted by Gasteiger charge is 1.98. The predicted octanol–water partition coefficient (Wildman–Crippen LogP) is 3.02. The highest BCUT2D eigenvalue weighted by Crippen LogP contribution is 2.18. The van der Waals surface area contributed by atoms with Crippen molar-refractivity contribution in [2.45, 2.75) is 33.4 Å². The molecule has 0 aliphatic rings. The van der Waals surface area contributed by atoms with Crippen LogP contribution in [-0.2, 0) is 0 Å². The van der Waals surface area contributed by atoms with Crippen molar-refractivity contribution in [3.05, 3.63) is 29.3 Å². The van der Waals surface area contributed by atoms with E-state index in [2.05, 4.69) is 45.9 Å². The molecule has 1 aromatic carbocycles. The third-order valence-corrected chi connectivity index (χ3v) is 2.88. The summed E-state index contributed by atoms with van der Waals surface area (Å²) < 4.78 is 0. The summed E-state index contributed by atoms with van der Waals surface area (Å²) in [6.45, 7) is 8.88. The van der Waals surface area contributed by atoms with E-state index in [9.17, 15) is 0 Å². The van der Waals surface area contributed by atoms with Crippen molar-refractivity contribution < 1.29 is 0 Å². The van der Waals surface area contributed by atoms with Crippen molar-refractivity contribution in [3.8, 4) is 0 Å². The zero-order valence-electron chi connectivity index (χ0n) is 8.31. The van der Waals surface area contributed by atoms with Gasteiger partial charge in [-0.25, -0.2) is 0 Å². The Bertz CT molecular complexity index is 243. The lowest BCUT2D eigenvalue weighted by Gasteiger charge is -2.07. The van der Waals surface area contributed by atoms with Crippen LogP contribution in [0.4, 0.5) is 0 Å². The molecule has 0 fully saturated rings. The highest BCUT2D eigenvalue weighted by molar-refractivity contribution is 7.47.